The van der Waals surface area contributed by atoms with E-state index in [0.717, 1.165) is 11.6 Å². The van der Waals surface area contributed by atoms with Crippen LogP contribution in [0.3, 0.4) is 0 Å². The number of hydrogen-bond donors (Lipinski definition) is 1. The van der Waals surface area contributed by atoms with Gasteiger partial charge in [-0.2, -0.15) is 13.2 Å². The Morgan fingerprint density at radius 3 is 2.33 bits per heavy atom. The highest BCUT2D eigenvalue weighted by atomic mass is 19.4. The molecule has 1 saturated heterocycles. The van der Waals surface area contributed by atoms with Gasteiger partial charge in [0.1, 0.15) is 6.10 Å². The first-order valence-electron chi connectivity index (χ1n) is 16.0. The second-order valence-electron chi connectivity index (χ2n) is 12.8. The van der Waals surface area contributed by atoms with Crippen molar-refractivity contribution in [3.05, 3.63) is 99.7 Å². The molecular weight excluding hydrogens is 643 g/mol. The molecule has 1 aliphatic rings. The van der Waals surface area contributed by atoms with Crippen molar-refractivity contribution < 1.29 is 42.2 Å². The van der Waals surface area contributed by atoms with Gasteiger partial charge in [-0.3, -0.25) is 19.8 Å². The Bertz CT molecular complexity index is 1800. The van der Waals surface area contributed by atoms with Crippen LogP contribution in [0.25, 0.3) is 10.9 Å². The Balaban J connectivity index is 1.36. The van der Waals surface area contributed by atoms with Crippen LogP contribution >= 0.6 is 0 Å². The molecule has 1 fully saturated rings. The molecule has 0 aliphatic carbocycles. The summed E-state index contributed by atoms with van der Waals surface area (Å²) in [6.45, 7) is 5.35. The van der Waals surface area contributed by atoms with E-state index in [-0.39, 0.29) is 60.5 Å². The van der Waals surface area contributed by atoms with Crippen molar-refractivity contribution in [2.75, 3.05) is 33.4 Å². The number of likely N-dealkylation sites (tertiary alicyclic amines) is 1. The number of halogens is 3. The van der Waals surface area contributed by atoms with E-state index in [1.807, 2.05) is 6.07 Å². The van der Waals surface area contributed by atoms with Gasteiger partial charge >= 0.3 is 12.1 Å². The van der Waals surface area contributed by atoms with E-state index in [1.165, 1.54) is 30.0 Å². The largest absolute Gasteiger partial charge is 0.493 e. The number of methoxy groups -OCH3 is 1. The van der Waals surface area contributed by atoms with Crippen LogP contribution in [0.15, 0.2) is 72.9 Å². The van der Waals surface area contributed by atoms with Crippen molar-refractivity contribution in [1.82, 2.24) is 9.47 Å². The summed E-state index contributed by atoms with van der Waals surface area (Å²) in [5.41, 5.74) is -3.14. The number of fused-ring (bicyclic) bond motifs is 1. The molecule has 1 atom stereocenters. The van der Waals surface area contributed by atoms with Gasteiger partial charge in [-0.15, -0.1) is 0 Å². The molecule has 10 nitrogen and oxygen atoms in total. The number of carbonyl (C=O) groups is 1. The summed E-state index contributed by atoms with van der Waals surface area (Å²) in [5.74, 6) is 0.478. The SMILES string of the molecule is CCOC(=O)C(C)(C)c1ccc(OC2CCN(CC(O)(c3cn(Cc4ccccc4)c4cc([N+](=O)[O-])ccc34)C(F)(F)F)CC2)c(OC)c1. The molecule has 0 saturated carbocycles. The Labute approximate surface area is 282 Å². The monoisotopic (exact) mass is 683 g/mol. The molecule has 13 heteroatoms. The first kappa shape index (κ1) is 35.7. The number of benzene rings is 3. The summed E-state index contributed by atoms with van der Waals surface area (Å²) < 4.78 is 63.2. The number of non-ortho nitro benzene ring substituents is 1. The summed E-state index contributed by atoms with van der Waals surface area (Å²) >= 11 is 0. The molecule has 49 heavy (non-hydrogen) atoms. The molecule has 4 aromatic rings. The lowest BCUT2D eigenvalue weighted by atomic mass is 9.84. The van der Waals surface area contributed by atoms with Gasteiger partial charge < -0.3 is 23.9 Å². The highest BCUT2D eigenvalue weighted by Gasteiger charge is 2.57. The standard InChI is InChI=1S/C36H40F3N3O7/c1-5-48-33(43)34(2,3)25-11-14-31(32(19-25)47-4)49-27-15-17-40(18-16-27)23-35(44,36(37,38)39)29-22-41(21-24-9-7-6-8-10-24)30-20-26(42(45)46)12-13-28(29)30/h6-14,19-20,22,27,44H,5,15-18,21,23H2,1-4H3. The maximum atomic E-state index is 14.9. The van der Waals surface area contributed by atoms with Crippen LogP contribution in [0.1, 0.15) is 50.3 Å². The molecule has 0 bridgehead atoms. The van der Waals surface area contributed by atoms with Gasteiger partial charge in [-0.1, -0.05) is 36.4 Å². The number of alkyl halides is 3. The lowest BCUT2D eigenvalue weighted by Gasteiger charge is -2.39. The van der Waals surface area contributed by atoms with Gasteiger partial charge in [-0.25, -0.2) is 0 Å². The Hall–Kier alpha value is -4.62. The molecule has 3 aromatic carbocycles. The number of esters is 1. The number of carbonyl (C=O) groups excluding carboxylic acids is 1. The van der Waals surface area contributed by atoms with Crippen molar-refractivity contribution in [2.24, 2.45) is 0 Å². The lowest BCUT2D eigenvalue weighted by Crippen LogP contribution is -2.53. The summed E-state index contributed by atoms with van der Waals surface area (Å²) in [6.07, 6.45) is -3.37. The van der Waals surface area contributed by atoms with E-state index < -0.39 is 28.7 Å². The number of nitrogens with zero attached hydrogens (tertiary/aromatic N) is 3. The minimum atomic E-state index is -5.06. The quantitative estimate of drug-likeness (QED) is 0.0992. The summed E-state index contributed by atoms with van der Waals surface area (Å²) in [7, 11) is 1.49. The fourth-order valence-corrected chi connectivity index (χ4v) is 6.23. The van der Waals surface area contributed by atoms with Crippen LogP contribution in [-0.2, 0) is 27.1 Å². The molecule has 1 N–H and O–H groups in total. The van der Waals surface area contributed by atoms with E-state index in [9.17, 15) is 33.2 Å². The van der Waals surface area contributed by atoms with Crippen molar-refractivity contribution in [3.8, 4) is 11.5 Å². The maximum Gasteiger partial charge on any atom is 0.422 e. The smallest absolute Gasteiger partial charge is 0.422 e. The zero-order valence-corrected chi connectivity index (χ0v) is 27.8. The van der Waals surface area contributed by atoms with Crippen molar-refractivity contribution in [2.45, 2.75) is 63.5 Å². The number of aliphatic hydroxyl groups is 1. The van der Waals surface area contributed by atoms with E-state index in [2.05, 4.69) is 0 Å². The van der Waals surface area contributed by atoms with Crippen LogP contribution < -0.4 is 9.47 Å². The van der Waals surface area contributed by atoms with Crippen LogP contribution in [0.2, 0.25) is 0 Å². The van der Waals surface area contributed by atoms with Crippen LogP contribution in [0.4, 0.5) is 18.9 Å². The highest BCUT2D eigenvalue weighted by Crippen LogP contribution is 2.44. The molecule has 0 spiro atoms. The molecular formula is C36H40F3N3O7. The Morgan fingerprint density at radius 1 is 1.02 bits per heavy atom. The number of piperidine rings is 1. The van der Waals surface area contributed by atoms with E-state index in [4.69, 9.17) is 14.2 Å². The normalized spacial score (nSPS) is 15.9. The molecule has 1 unspecified atom stereocenters. The van der Waals surface area contributed by atoms with Crippen LogP contribution in [0, 0.1) is 10.1 Å². The Morgan fingerprint density at radius 2 is 1.71 bits per heavy atom. The number of ether oxygens (including phenoxy) is 3. The predicted octanol–water partition coefficient (Wildman–Crippen LogP) is 6.74. The van der Waals surface area contributed by atoms with E-state index in [1.54, 1.807) is 68.1 Å². The predicted molar refractivity (Wildman–Crippen MR) is 177 cm³/mol. The van der Waals surface area contributed by atoms with Crippen molar-refractivity contribution in [3.63, 3.8) is 0 Å². The zero-order valence-electron chi connectivity index (χ0n) is 27.8. The number of β-amino-alcohol motifs (C(OH)–C–C–N with tert-alkyl or cyclic N) is 1. The number of hydrogen-bond acceptors (Lipinski definition) is 8. The van der Waals surface area contributed by atoms with Crippen LogP contribution in [-0.4, -0.2) is 71.1 Å². The molecule has 1 aliphatic heterocycles. The van der Waals surface area contributed by atoms with E-state index in [0.29, 0.717) is 29.9 Å². The molecule has 2 heterocycles. The third-order valence-electron chi connectivity index (χ3n) is 9.14. The van der Waals surface area contributed by atoms with Crippen molar-refractivity contribution in [1.29, 1.82) is 0 Å². The summed E-state index contributed by atoms with van der Waals surface area (Å²) in [6, 6.07) is 17.8. The fraction of sp³-hybridized carbons (Fsp3) is 0.417. The summed E-state index contributed by atoms with van der Waals surface area (Å²) in [5, 5.41) is 23.2. The number of rotatable bonds is 12. The molecule has 0 radical (unpaired) electrons. The second kappa shape index (κ2) is 14.1. The molecule has 262 valence electrons. The van der Waals surface area contributed by atoms with Crippen molar-refractivity contribution >= 4 is 22.6 Å². The average Bonchev–Trinajstić information content (AvgIpc) is 3.43. The summed E-state index contributed by atoms with van der Waals surface area (Å²) in [4.78, 5) is 25.0. The molecule has 1 aromatic heterocycles. The first-order valence-corrected chi connectivity index (χ1v) is 16.0. The van der Waals surface area contributed by atoms with E-state index >= 15 is 0 Å². The molecule has 5 rings (SSSR count). The average molecular weight is 684 g/mol. The second-order valence-corrected chi connectivity index (χ2v) is 12.8. The number of aromatic nitrogens is 1. The van der Waals surface area contributed by atoms with Gasteiger partial charge in [0.05, 0.1) is 29.6 Å². The minimum absolute atomic E-state index is 0.0845. The topological polar surface area (TPSA) is 116 Å². The lowest BCUT2D eigenvalue weighted by molar-refractivity contribution is -0.384. The van der Waals surface area contributed by atoms with Gasteiger partial charge in [0, 0.05) is 55.5 Å². The Kier molecular flexibility index (Phi) is 10.3. The van der Waals surface area contributed by atoms with Gasteiger partial charge in [0.2, 0.25) is 5.60 Å². The zero-order chi connectivity index (χ0) is 35.6. The first-order chi connectivity index (χ1) is 23.2. The van der Waals surface area contributed by atoms with Crippen LogP contribution in [0.5, 0.6) is 11.5 Å². The maximum absolute atomic E-state index is 14.9. The minimum Gasteiger partial charge on any atom is -0.493 e. The van der Waals surface area contributed by atoms with Gasteiger partial charge in [0.25, 0.3) is 5.69 Å². The third-order valence-corrected chi connectivity index (χ3v) is 9.14. The fourth-order valence-electron chi connectivity index (χ4n) is 6.23. The number of nitro benzene ring substituents is 1. The van der Waals surface area contributed by atoms with Gasteiger partial charge in [0.15, 0.2) is 11.5 Å². The highest BCUT2D eigenvalue weighted by molar-refractivity contribution is 5.87. The number of nitro groups is 1. The third kappa shape index (κ3) is 7.37. The molecule has 0 amide bonds. The van der Waals surface area contributed by atoms with Gasteiger partial charge in [-0.05, 0) is 62.9 Å².